The minimum atomic E-state index is -0.578. The van der Waals surface area contributed by atoms with Gasteiger partial charge in [0.2, 0.25) is 6.79 Å². The zero-order valence-corrected chi connectivity index (χ0v) is 14.2. The molecule has 0 bridgehead atoms. The zero-order chi connectivity index (χ0) is 17.2. The van der Waals surface area contributed by atoms with E-state index in [-0.39, 0.29) is 13.4 Å². The van der Waals surface area contributed by atoms with Crippen LogP contribution in [0.15, 0.2) is 18.2 Å². The van der Waals surface area contributed by atoms with Crippen molar-refractivity contribution >= 4 is 0 Å². The smallest absolute Gasteiger partial charge is 0.231 e. The summed E-state index contributed by atoms with van der Waals surface area (Å²) in [6, 6.07) is 5.41. The summed E-state index contributed by atoms with van der Waals surface area (Å²) in [5.74, 6) is 4.05. The van der Waals surface area contributed by atoms with Crippen LogP contribution in [0.3, 0.4) is 0 Å². The van der Waals surface area contributed by atoms with E-state index in [0.29, 0.717) is 24.6 Å². The molecule has 0 fully saturated rings. The van der Waals surface area contributed by atoms with Crippen LogP contribution in [0.4, 0.5) is 0 Å². The van der Waals surface area contributed by atoms with Gasteiger partial charge in [-0.25, -0.2) is 0 Å². The van der Waals surface area contributed by atoms with Crippen molar-refractivity contribution in [1.29, 1.82) is 0 Å². The summed E-state index contributed by atoms with van der Waals surface area (Å²) in [5.41, 5.74) is 0. The van der Waals surface area contributed by atoms with Crippen LogP contribution in [-0.4, -0.2) is 57.4 Å². The second-order valence-corrected chi connectivity index (χ2v) is 6.25. The average Bonchev–Trinajstić information content (AvgIpc) is 3.25. The fourth-order valence-corrected chi connectivity index (χ4v) is 3.20. The standard InChI is InChI=1S/C17H22N4O4/c1-2-16-18-19-17-9-20(5-6-21(16)17)8-12(22)10-23-13-3-4-14-15(7-13)25-11-24-14/h3-4,7,12,22H,2,5-6,8-11H2,1H3/t12-/m1/s1. The monoisotopic (exact) mass is 346 g/mol. The molecular formula is C17H22N4O4. The number of hydrogen-bond acceptors (Lipinski definition) is 7. The summed E-state index contributed by atoms with van der Waals surface area (Å²) in [6.07, 6.45) is 0.310. The van der Waals surface area contributed by atoms with Crippen molar-refractivity contribution in [2.24, 2.45) is 0 Å². The Morgan fingerprint density at radius 2 is 2.12 bits per heavy atom. The molecule has 3 heterocycles. The van der Waals surface area contributed by atoms with E-state index in [1.54, 1.807) is 6.07 Å². The molecule has 1 N–H and O–H groups in total. The van der Waals surface area contributed by atoms with Crippen molar-refractivity contribution in [1.82, 2.24) is 19.7 Å². The first-order valence-electron chi connectivity index (χ1n) is 8.56. The Morgan fingerprint density at radius 3 is 3.00 bits per heavy atom. The lowest BCUT2D eigenvalue weighted by Gasteiger charge is -2.29. The number of aryl methyl sites for hydroxylation is 1. The molecule has 8 heteroatoms. The van der Waals surface area contributed by atoms with Crippen molar-refractivity contribution < 1.29 is 19.3 Å². The topological polar surface area (TPSA) is 81.9 Å². The first-order chi connectivity index (χ1) is 12.2. The third-order valence-electron chi connectivity index (χ3n) is 4.48. The number of hydrogen-bond donors (Lipinski definition) is 1. The van der Waals surface area contributed by atoms with E-state index in [1.165, 1.54) is 0 Å². The number of aromatic nitrogens is 3. The van der Waals surface area contributed by atoms with E-state index in [0.717, 1.165) is 36.9 Å². The Labute approximate surface area is 145 Å². The van der Waals surface area contributed by atoms with Crippen LogP contribution in [-0.2, 0) is 19.5 Å². The number of rotatable bonds is 6. The molecule has 2 aliphatic heterocycles. The molecule has 25 heavy (non-hydrogen) atoms. The largest absolute Gasteiger partial charge is 0.491 e. The maximum absolute atomic E-state index is 10.3. The van der Waals surface area contributed by atoms with Crippen LogP contribution < -0.4 is 14.2 Å². The Hall–Kier alpha value is -2.32. The van der Waals surface area contributed by atoms with Crippen molar-refractivity contribution in [3.05, 3.63) is 29.8 Å². The maximum Gasteiger partial charge on any atom is 0.231 e. The van der Waals surface area contributed by atoms with Gasteiger partial charge in [0.1, 0.15) is 30.1 Å². The van der Waals surface area contributed by atoms with E-state index < -0.39 is 6.10 Å². The van der Waals surface area contributed by atoms with Gasteiger partial charge in [-0.15, -0.1) is 10.2 Å². The molecule has 1 aromatic heterocycles. The van der Waals surface area contributed by atoms with Gasteiger partial charge in [-0.05, 0) is 12.1 Å². The van der Waals surface area contributed by atoms with Crippen molar-refractivity contribution in [2.45, 2.75) is 32.5 Å². The van der Waals surface area contributed by atoms with Crippen molar-refractivity contribution in [3.8, 4) is 17.2 Å². The highest BCUT2D eigenvalue weighted by atomic mass is 16.7. The molecule has 2 aliphatic rings. The average molecular weight is 346 g/mol. The number of aliphatic hydroxyl groups is 1. The summed E-state index contributed by atoms with van der Waals surface area (Å²) < 4.78 is 18.4. The quantitative estimate of drug-likeness (QED) is 0.829. The van der Waals surface area contributed by atoms with E-state index >= 15 is 0 Å². The Balaban J connectivity index is 1.28. The summed E-state index contributed by atoms with van der Waals surface area (Å²) in [4.78, 5) is 2.18. The van der Waals surface area contributed by atoms with Gasteiger partial charge >= 0.3 is 0 Å². The predicted molar refractivity (Wildman–Crippen MR) is 88.7 cm³/mol. The second kappa shape index (κ2) is 6.89. The SMILES string of the molecule is CCc1nnc2n1CCN(C[C@@H](O)COc1ccc3c(c1)OCO3)C2. The van der Waals surface area contributed by atoms with Gasteiger partial charge in [0.25, 0.3) is 0 Å². The molecule has 0 radical (unpaired) electrons. The number of aliphatic hydroxyl groups excluding tert-OH is 1. The first-order valence-corrected chi connectivity index (χ1v) is 8.56. The number of β-amino-alcohol motifs (C(OH)–C–C–N with tert-alkyl or cyclic N) is 1. The van der Waals surface area contributed by atoms with Crippen LogP contribution in [0, 0.1) is 0 Å². The van der Waals surface area contributed by atoms with Gasteiger partial charge in [-0.2, -0.15) is 0 Å². The van der Waals surface area contributed by atoms with Crippen LogP contribution in [0.25, 0.3) is 0 Å². The van der Waals surface area contributed by atoms with Crippen LogP contribution in [0.5, 0.6) is 17.2 Å². The lowest BCUT2D eigenvalue weighted by molar-refractivity contribution is 0.0581. The molecule has 0 amide bonds. The molecule has 2 aromatic rings. The molecule has 1 aromatic carbocycles. The normalized spacial score (nSPS) is 17.4. The first kappa shape index (κ1) is 16.2. The highest BCUT2D eigenvalue weighted by Crippen LogP contribution is 2.35. The minimum Gasteiger partial charge on any atom is -0.491 e. The van der Waals surface area contributed by atoms with Crippen LogP contribution >= 0.6 is 0 Å². The van der Waals surface area contributed by atoms with Crippen LogP contribution in [0.1, 0.15) is 18.6 Å². The summed E-state index contributed by atoms with van der Waals surface area (Å²) in [6.45, 7) is 5.53. The molecule has 0 aliphatic carbocycles. The zero-order valence-electron chi connectivity index (χ0n) is 14.2. The minimum absolute atomic E-state index is 0.225. The molecule has 0 spiro atoms. The third-order valence-corrected chi connectivity index (χ3v) is 4.48. The maximum atomic E-state index is 10.3. The second-order valence-electron chi connectivity index (χ2n) is 6.25. The molecular weight excluding hydrogens is 324 g/mol. The molecule has 1 atom stereocenters. The lowest BCUT2D eigenvalue weighted by Crippen LogP contribution is -2.40. The molecule has 0 unspecified atom stereocenters. The van der Waals surface area contributed by atoms with Crippen LogP contribution in [0.2, 0.25) is 0 Å². The van der Waals surface area contributed by atoms with Gasteiger partial charge in [-0.3, -0.25) is 4.90 Å². The molecule has 0 saturated heterocycles. The van der Waals surface area contributed by atoms with Crippen molar-refractivity contribution in [3.63, 3.8) is 0 Å². The fraction of sp³-hybridized carbons (Fsp3) is 0.529. The number of fused-ring (bicyclic) bond motifs is 2. The van der Waals surface area contributed by atoms with E-state index in [9.17, 15) is 5.11 Å². The van der Waals surface area contributed by atoms with Gasteiger partial charge in [0.05, 0.1) is 6.54 Å². The molecule has 8 nitrogen and oxygen atoms in total. The van der Waals surface area contributed by atoms with Crippen molar-refractivity contribution in [2.75, 3.05) is 26.5 Å². The Bertz CT molecular complexity index is 748. The highest BCUT2D eigenvalue weighted by molar-refractivity contribution is 5.46. The third kappa shape index (κ3) is 3.40. The number of ether oxygens (including phenoxy) is 3. The fourth-order valence-electron chi connectivity index (χ4n) is 3.20. The summed E-state index contributed by atoms with van der Waals surface area (Å²) in [5, 5.41) is 18.7. The summed E-state index contributed by atoms with van der Waals surface area (Å²) >= 11 is 0. The predicted octanol–water partition coefficient (Wildman–Crippen LogP) is 0.825. The van der Waals surface area contributed by atoms with E-state index in [4.69, 9.17) is 14.2 Å². The Morgan fingerprint density at radius 1 is 1.24 bits per heavy atom. The van der Waals surface area contributed by atoms with Gasteiger partial charge in [0, 0.05) is 32.1 Å². The lowest BCUT2D eigenvalue weighted by atomic mass is 10.2. The highest BCUT2D eigenvalue weighted by Gasteiger charge is 2.22. The van der Waals surface area contributed by atoms with E-state index in [1.807, 2.05) is 12.1 Å². The number of nitrogens with zero attached hydrogens (tertiary/aromatic N) is 4. The Kier molecular flexibility index (Phi) is 4.46. The van der Waals surface area contributed by atoms with Gasteiger partial charge < -0.3 is 23.9 Å². The molecule has 134 valence electrons. The summed E-state index contributed by atoms with van der Waals surface area (Å²) in [7, 11) is 0. The number of benzene rings is 1. The molecule has 4 rings (SSSR count). The molecule has 0 saturated carbocycles. The van der Waals surface area contributed by atoms with E-state index in [2.05, 4.69) is 26.6 Å². The van der Waals surface area contributed by atoms with Gasteiger partial charge in [0.15, 0.2) is 11.5 Å². The van der Waals surface area contributed by atoms with Gasteiger partial charge in [-0.1, -0.05) is 6.92 Å².